The van der Waals surface area contributed by atoms with Crippen LogP contribution in [0.25, 0.3) is 11.0 Å². The van der Waals surface area contributed by atoms with Gasteiger partial charge in [-0.15, -0.1) is 0 Å². The Balaban J connectivity index is 1.61. The second kappa shape index (κ2) is 7.70. The number of nitrogens with zero attached hydrogens (tertiary/aromatic N) is 2. The number of H-pyrrole nitrogens is 1. The number of amides is 1. The fourth-order valence-corrected chi connectivity index (χ4v) is 4.07. The third-order valence-corrected chi connectivity index (χ3v) is 5.44. The van der Waals surface area contributed by atoms with Crippen LogP contribution in [0.2, 0.25) is 0 Å². The Morgan fingerprint density at radius 1 is 1.25 bits per heavy atom. The summed E-state index contributed by atoms with van der Waals surface area (Å²) in [6.07, 6.45) is 0.955. The summed E-state index contributed by atoms with van der Waals surface area (Å²) < 4.78 is 25.8. The second-order valence-electron chi connectivity index (χ2n) is 7.32. The molecule has 0 radical (unpaired) electrons. The number of carbonyl (C=O) groups excluding carboxylic acids is 1. The molecule has 4 rings (SSSR count). The van der Waals surface area contributed by atoms with Crippen molar-refractivity contribution in [2.75, 3.05) is 6.54 Å². The highest BCUT2D eigenvalue weighted by Crippen LogP contribution is 2.27. The molecule has 0 bridgehead atoms. The minimum Gasteiger partial charge on any atom is -0.337 e. The highest BCUT2D eigenvalue weighted by Gasteiger charge is 2.28. The summed E-state index contributed by atoms with van der Waals surface area (Å²) in [5, 5.41) is 0. The van der Waals surface area contributed by atoms with E-state index in [1.54, 1.807) is 18.2 Å². The van der Waals surface area contributed by atoms with Crippen LogP contribution in [0.4, 0.5) is 8.78 Å². The minimum absolute atomic E-state index is 0.0543. The van der Waals surface area contributed by atoms with Gasteiger partial charge in [-0.05, 0) is 55.0 Å². The lowest BCUT2D eigenvalue weighted by Crippen LogP contribution is -2.43. The summed E-state index contributed by atoms with van der Waals surface area (Å²) in [6.45, 7) is 2.74. The van der Waals surface area contributed by atoms with E-state index < -0.39 is 6.43 Å². The lowest BCUT2D eigenvalue weighted by Gasteiger charge is -2.35. The number of aromatic nitrogens is 2. The molecule has 1 aliphatic carbocycles. The highest BCUT2D eigenvalue weighted by molar-refractivity contribution is 5.97. The zero-order valence-corrected chi connectivity index (χ0v) is 15.8. The molecule has 1 aromatic heterocycles. The quantitative estimate of drug-likeness (QED) is 0.681. The molecular formula is C22H23F2N3O. The van der Waals surface area contributed by atoms with Crippen LogP contribution in [0, 0.1) is 0 Å². The summed E-state index contributed by atoms with van der Waals surface area (Å²) in [6, 6.07) is 13.5. The molecule has 28 heavy (non-hydrogen) atoms. The van der Waals surface area contributed by atoms with Crippen molar-refractivity contribution in [1.29, 1.82) is 0 Å². The third-order valence-electron chi connectivity index (χ3n) is 5.44. The molecule has 1 unspecified atom stereocenters. The molecule has 1 amide bonds. The van der Waals surface area contributed by atoms with E-state index in [9.17, 15) is 13.6 Å². The molecule has 0 fully saturated rings. The number of hydrogen-bond acceptors (Lipinski definition) is 2. The van der Waals surface area contributed by atoms with Gasteiger partial charge in [-0.25, -0.2) is 13.8 Å². The van der Waals surface area contributed by atoms with Gasteiger partial charge in [0.25, 0.3) is 12.3 Å². The van der Waals surface area contributed by atoms with E-state index in [2.05, 4.69) is 35.1 Å². The number of hydrogen-bond donors (Lipinski definition) is 1. The number of halogens is 2. The third kappa shape index (κ3) is 3.51. The predicted molar refractivity (Wildman–Crippen MR) is 105 cm³/mol. The summed E-state index contributed by atoms with van der Waals surface area (Å²) in [5.41, 5.74) is 4.08. The molecule has 146 valence electrons. The smallest absolute Gasteiger partial charge is 0.295 e. The molecule has 6 heteroatoms. The standard InChI is InChI=1S/C22H23F2N3O/c1-2-11-27(17-9-7-14-5-3-4-6-15(14)12-17)22(28)16-8-10-18-19(13-16)26-21(25-18)20(23)24/h3-6,8,10,13,17,20H,2,7,9,11-12H2,1H3,(H,25,26). The van der Waals surface area contributed by atoms with Crippen molar-refractivity contribution in [1.82, 2.24) is 14.9 Å². The topological polar surface area (TPSA) is 49.0 Å². The van der Waals surface area contributed by atoms with Crippen LogP contribution in [0.3, 0.4) is 0 Å². The maximum Gasteiger partial charge on any atom is 0.295 e. The van der Waals surface area contributed by atoms with E-state index >= 15 is 0 Å². The van der Waals surface area contributed by atoms with Crippen molar-refractivity contribution in [3.8, 4) is 0 Å². The van der Waals surface area contributed by atoms with Crippen LogP contribution in [0.1, 0.15) is 53.5 Å². The Kier molecular flexibility index (Phi) is 5.11. The van der Waals surface area contributed by atoms with Crippen LogP contribution in [-0.2, 0) is 12.8 Å². The van der Waals surface area contributed by atoms with Gasteiger partial charge in [-0.2, -0.15) is 0 Å². The molecule has 0 spiro atoms. The summed E-state index contributed by atoms with van der Waals surface area (Å²) >= 11 is 0. The van der Waals surface area contributed by atoms with E-state index in [1.165, 1.54) is 11.1 Å². The van der Waals surface area contributed by atoms with Gasteiger partial charge in [0.05, 0.1) is 11.0 Å². The molecule has 1 aliphatic rings. The van der Waals surface area contributed by atoms with Gasteiger partial charge in [0.2, 0.25) is 0 Å². The van der Waals surface area contributed by atoms with E-state index in [-0.39, 0.29) is 17.8 Å². The normalized spacial score (nSPS) is 16.4. The van der Waals surface area contributed by atoms with Gasteiger partial charge in [0, 0.05) is 18.2 Å². The van der Waals surface area contributed by atoms with Crippen LogP contribution < -0.4 is 0 Å². The molecule has 2 aromatic carbocycles. The first-order valence-corrected chi connectivity index (χ1v) is 9.72. The Morgan fingerprint density at radius 3 is 2.79 bits per heavy atom. The molecular weight excluding hydrogens is 360 g/mol. The number of aromatic amines is 1. The van der Waals surface area contributed by atoms with Crippen molar-refractivity contribution in [3.63, 3.8) is 0 Å². The number of imidazole rings is 1. The summed E-state index contributed by atoms with van der Waals surface area (Å²) in [4.78, 5) is 21.7. The van der Waals surface area contributed by atoms with Gasteiger partial charge in [-0.1, -0.05) is 31.2 Å². The number of rotatable bonds is 5. The van der Waals surface area contributed by atoms with Gasteiger partial charge in [0.15, 0.2) is 5.82 Å². The number of nitrogens with one attached hydrogen (secondary N) is 1. The average molecular weight is 383 g/mol. The van der Waals surface area contributed by atoms with Gasteiger partial charge < -0.3 is 9.88 Å². The predicted octanol–water partition coefficient (Wildman–Crippen LogP) is 4.91. The first-order chi connectivity index (χ1) is 13.6. The zero-order valence-electron chi connectivity index (χ0n) is 15.8. The average Bonchev–Trinajstić information content (AvgIpc) is 3.15. The SMILES string of the molecule is CCCN(C(=O)c1ccc2nc(C(F)F)[nH]c2c1)C1CCc2ccccc2C1. The molecule has 0 saturated carbocycles. The van der Waals surface area contributed by atoms with E-state index in [4.69, 9.17) is 0 Å². The van der Waals surface area contributed by atoms with Crippen molar-refractivity contribution in [2.24, 2.45) is 0 Å². The molecule has 0 aliphatic heterocycles. The van der Waals surface area contributed by atoms with Gasteiger partial charge >= 0.3 is 0 Å². The summed E-state index contributed by atoms with van der Waals surface area (Å²) in [5.74, 6) is -0.421. The van der Waals surface area contributed by atoms with Crippen LogP contribution >= 0.6 is 0 Å². The van der Waals surface area contributed by atoms with Crippen molar-refractivity contribution < 1.29 is 13.6 Å². The van der Waals surface area contributed by atoms with Gasteiger partial charge in [-0.3, -0.25) is 4.79 Å². The number of alkyl halides is 2. The van der Waals surface area contributed by atoms with Crippen LogP contribution in [0.15, 0.2) is 42.5 Å². The molecule has 1 heterocycles. The Hall–Kier alpha value is -2.76. The lowest BCUT2D eigenvalue weighted by atomic mass is 9.87. The lowest BCUT2D eigenvalue weighted by molar-refractivity contribution is 0.0662. The number of benzene rings is 2. The van der Waals surface area contributed by atoms with E-state index in [1.807, 2.05) is 11.0 Å². The first-order valence-electron chi connectivity index (χ1n) is 9.72. The summed E-state index contributed by atoms with van der Waals surface area (Å²) in [7, 11) is 0. The van der Waals surface area contributed by atoms with Crippen LogP contribution in [-0.4, -0.2) is 33.4 Å². The van der Waals surface area contributed by atoms with Crippen LogP contribution in [0.5, 0.6) is 0 Å². The number of fused-ring (bicyclic) bond motifs is 2. The maximum absolute atomic E-state index is 13.3. The number of aryl methyl sites for hydroxylation is 1. The Bertz CT molecular complexity index is 998. The Labute approximate surface area is 162 Å². The highest BCUT2D eigenvalue weighted by atomic mass is 19.3. The molecule has 3 aromatic rings. The van der Waals surface area contributed by atoms with E-state index in [0.29, 0.717) is 23.1 Å². The van der Waals surface area contributed by atoms with Crippen molar-refractivity contribution >= 4 is 16.9 Å². The number of carbonyl (C=O) groups is 1. The Morgan fingerprint density at radius 2 is 2.04 bits per heavy atom. The van der Waals surface area contributed by atoms with Crippen molar-refractivity contribution in [3.05, 3.63) is 65.0 Å². The fraction of sp³-hybridized carbons (Fsp3) is 0.364. The maximum atomic E-state index is 13.3. The zero-order chi connectivity index (χ0) is 19.7. The first kappa shape index (κ1) is 18.6. The fourth-order valence-electron chi connectivity index (χ4n) is 4.07. The minimum atomic E-state index is -2.66. The largest absolute Gasteiger partial charge is 0.337 e. The molecule has 1 N–H and O–H groups in total. The van der Waals surface area contributed by atoms with Gasteiger partial charge in [0.1, 0.15) is 0 Å². The van der Waals surface area contributed by atoms with Crippen molar-refractivity contribution in [2.45, 2.75) is 45.1 Å². The molecule has 4 nitrogen and oxygen atoms in total. The monoisotopic (exact) mass is 383 g/mol. The molecule has 0 saturated heterocycles. The van der Waals surface area contributed by atoms with E-state index in [0.717, 1.165) is 25.7 Å². The second-order valence-corrected chi connectivity index (χ2v) is 7.32. The molecule has 1 atom stereocenters.